The van der Waals surface area contributed by atoms with E-state index in [0.29, 0.717) is 42.6 Å². The molecule has 0 bridgehead atoms. The van der Waals surface area contributed by atoms with Crippen LogP contribution < -0.4 is 15.4 Å². The number of aromatic nitrogens is 2. The van der Waals surface area contributed by atoms with Crippen LogP contribution in [0.3, 0.4) is 0 Å². The predicted molar refractivity (Wildman–Crippen MR) is 142 cm³/mol. The van der Waals surface area contributed by atoms with Crippen LogP contribution in [0.1, 0.15) is 52.8 Å². The Balaban J connectivity index is 1.96. The highest BCUT2D eigenvalue weighted by molar-refractivity contribution is 6.08. The first-order valence-corrected chi connectivity index (χ1v) is 12.0. The van der Waals surface area contributed by atoms with Gasteiger partial charge in [-0.15, -0.1) is 0 Å². The molecule has 0 radical (unpaired) electrons. The second kappa shape index (κ2) is 11.2. The molecule has 1 aliphatic heterocycles. The number of allylic oxidation sites excluding steroid dienone is 1. The number of hydrogen-bond acceptors (Lipinski definition) is 7. The van der Waals surface area contributed by atoms with E-state index >= 15 is 0 Å². The van der Waals surface area contributed by atoms with Gasteiger partial charge in [0, 0.05) is 30.2 Å². The van der Waals surface area contributed by atoms with E-state index < -0.39 is 5.54 Å². The van der Waals surface area contributed by atoms with E-state index in [2.05, 4.69) is 15.6 Å². The van der Waals surface area contributed by atoms with Crippen molar-refractivity contribution in [2.75, 3.05) is 13.2 Å². The maximum atomic E-state index is 12.2. The van der Waals surface area contributed by atoms with Crippen LogP contribution in [0.25, 0.3) is 17.0 Å². The Labute approximate surface area is 211 Å². The fraction of sp³-hybridized carbons (Fsp3) is 0.423. The molecule has 1 aromatic heterocycles. The zero-order valence-electron chi connectivity index (χ0n) is 21.7. The lowest BCUT2D eigenvalue weighted by atomic mass is 10.0. The topological polar surface area (TPSA) is 137 Å². The van der Waals surface area contributed by atoms with Crippen molar-refractivity contribution in [3.8, 4) is 17.1 Å². The number of amidine groups is 2. The van der Waals surface area contributed by atoms with Gasteiger partial charge in [-0.25, -0.2) is 14.8 Å². The molecule has 0 aliphatic carbocycles. The highest BCUT2D eigenvalue weighted by Gasteiger charge is 2.28. The van der Waals surface area contributed by atoms with E-state index in [4.69, 9.17) is 25.3 Å². The lowest BCUT2D eigenvalue weighted by Gasteiger charge is -2.23. The van der Waals surface area contributed by atoms with Gasteiger partial charge in [0.2, 0.25) is 0 Å². The summed E-state index contributed by atoms with van der Waals surface area (Å²) >= 11 is 0. The van der Waals surface area contributed by atoms with Crippen LogP contribution in [-0.4, -0.2) is 58.2 Å². The quantitative estimate of drug-likeness (QED) is 0.252. The summed E-state index contributed by atoms with van der Waals surface area (Å²) in [6.07, 6.45) is 4.79. The molecule has 4 N–H and O–H groups in total. The van der Waals surface area contributed by atoms with Crippen molar-refractivity contribution in [1.29, 1.82) is 10.8 Å². The standard InChI is InChI=1S/C26H35N7O3/c1-7-35-25(34)26(5,6)29-14-19(13-27)18-8-9-20-22(12-18)36-11-10-33-15-21(32-24(20)33)23(30-16(2)3)31-17(4)28/h8-9,12-16,27,29H,7,10-11H2,1-6H3,(H2,28,30,31)/b19-14+,27-13?. The van der Waals surface area contributed by atoms with Gasteiger partial charge in [0.15, 0.2) is 5.84 Å². The van der Waals surface area contributed by atoms with Gasteiger partial charge in [0.05, 0.1) is 18.7 Å². The van der Waals surface area contributed by atoms with E-state index in [1.807, 2.05) is 42.8 Å². The lowest BCUT2D eigenvalue weighted by molar-refractivity contribution is -0.149. The minimum atomic E-state index is -0.939. The maximum absolute atomic E-state index is 12.2. The number of benzene rings is 1. The zero-order valence-corrected chi connectivity index (χ0v) is 21.7. The van der Waals surface area contributed by atoms with Crippen LogP contribution >= 0.6 is 0 Å². The molecular weight excluding hydrogens is 458 g/mol. The van der Waals surface area contributed by atoms with E-state index in [0.717, 1.165) is 17.0 Å². The van der Waals surface area contributed by atoms with Crippen LogP contribution in [0.2, 0.25) is 0 Å². The van der Waals surface area contributed by atoms with Crippen molar-refractivity contribution in [2.24, 2.45) is 4.99 Å². The monoisotopic (exact) mass is 493 g/mol. The van der Waals surface area contributed by atoms with Gasteiger partial charge in [-0.3, -0.25) is 5.41 Å². The number of fused-ring (bicyclic) bond motifs is 3. The fourth-order valence-corrected chi connectivity index (χ4v) is 3.62. The second-order valence-electron chi connectivity index (χ2n) is 9.28. The van der Waals surface area contributed by atoms with E-state index in [1.165, 1.54) is 6.21 Å². The number of carbonyl (C=O) groups is 1. The molecule has 1 aliphatic rings. The predicted octanol–water partition coefficient (Wildman–Crippen LogP) is 3.61. The fourth-order valence-electron chi connectivity index (χ4n) is 3.62. The van der Waals surface area contributed by atoms with Crippen molar-refractivity contribution in [3.05, 3.63) is 41.9 Å². The van der Waals surface area contributed by atoms with Crippen LogP contribution in [0.5, 0.6) is 5.75 Å². The van der Waals surface area contributed by atoms with Gasteiger partial charge >= 0.3 is 5.97 Å². The molecule has 192 valence electrons. The average Bonchev–Trinajstić information content (AvgIpc) is 3.15. The number of hydrogen-bond donors (Lipinski definition) is 4. The van der Waals surface area contributed by atoms with Gasteiger partial charge in [0.1, 0.15) is 35.2 Å². The maximum Gasteiger partial charge on any atom is 0.331 e. The minimum absolute atomic E-state index is 0.136. The Morgan fingerprint density at radius 3 is 2.78 bits per heavy atom. The number of nitrogens with zero attached hydrogens (tertiary/aromatic N) is 3. The molecule has 10 heteroatoms. The van der Waals surface area contributed by atoms with Crippen molar-refractivity contribution in [3.63, 3.8) is 0 Å². The second-order valence-corrected chi connectivity index (χ2v) is 9.28. The number of imidazole rings is 1. The smallest absolute Gasteiger partial charge is 0.331 e. The van der Waals surface area contributed by atoms with Crippen molar-refractivity contribution in [2.45, 2.75) is 59.7 Å². The van der Waals surface area contributed by atoms with Crippen LogP contribution in [-0.2, 0) is 16.1 Å². The summed E-state index contributed by atoms with van der Waals surface area (Å²) in [4.78, 5) is 21.4. The third-order valence-corrected chi connectivity index (χ3v) is 5.40. The highest BCUT2D eigenvalue weighted by atomic mass is 16.5. The van der Waals surface area contributed by atoms with Crippen LogP contribution in [0.4, 0.5) is 0 Å². The van der Waals surface area contributed by atoms with Gasteiger partial charge in [-0.05, 0) is 59.2 Å². The molecule has 0 atom stereocenters. The van der Waals surface area contributed by atoms with Crippen molar-refractivity contribution in [1.82, 2.24) is 20.2 Å². The molecule has 0 spiro atoms. The molecule has 1 aromatic carbocycles. The van der Waals surface area contributed by atoms with E-state index in [9.17, 15) is 4.79 Å². The summed E-state index contributed by atoms with van der Waals surface area (Å²) in [6, 6.07) is 5.82. The van der Waals surface area contributed by atoms with Crippen molar-refractivity contribution < 1.29 is 14.3 Å². The summed E-state index contributed by atoms with van der Waals surface area (Å²) < 4.78 is 13.2. The number of ether oxygens (including phenoxy) is 2. The Kier molecular flexibility index (Phi) is 8.29. The lowest BCUT2D eigenvalue weighted by Crippen LogP contribution is -2.45. The van der Waals surface area contributed by atoms with Crippen molar-refractivity contribution >= 4 is 29.4 Å². The van der Waals surface area contributed by atoms with Gasteiger partial charge in [0.25, 0.3) is 0 Å². The highest BCUT2D eigenvalue weighted by Crippen LogP contribution is 2.34. The van der Waals surface area contributed by atoms with Crippen LogP contribution in [0.15, 0.2) is 35.6 Å². The van der Waals surface area contributed by atoms with Gasteiger partial charge in [-0.1, -0.05) is 6.07 Å². The first kappa shape index (κ1) is 26.7. The molecule has 0 unspecified atom stereocenters. The molecule has 10 nitrogen and oxygen atoms in total. The third kappa shape index (κ3) is 6.18. The first-order valence-electron chi connectivity index (χ1n) is 12.0. The van der Waals surface area contributed by atoms with Gasteiger partial charge < -0.3 is 30.1 Å². The third-order valence-electron chi connectivity index (χ3n) is 5.40. The Morgan fingerprint density at radius 2 is 2.14 bits per heavy atom. The molecular formula is C26H35N7O3. The molecule has 0 saturated heterocycles. The number of nitrogens with one attached hydrogen (secondary N) is 4. The summed E-state index contributed by atoms with van der Waals surface area (Å²) in [6.45, 7) is 12.2. The number of rotatable bonds is 8. The van der Waals surface area contributed by atoms with Gasteiger partial charge in [-0.2, -0.15) is 0 Å². The molecule has 3 rings (SSSR count). The number of esters is 1. The zero-order chi connectivity index (χ0) is 26.5. The summed E-state index contributed by atoms with van der Waals surface area (Å²) in [5.74, 6) is 1.78. The van der Waals surface area contributed by atoms with E-state index in [-0.39, 0.29) is 17.8 Å². The minimum Gasteiger partial charge on any atom is -0.491 e. The molecule has 2 heterocycles. The Morgan fingerprint density at radius 1 is 1.39 bits per heavy atom. The largest absolute Gasteiger partial charge is 0.491 e. The summed E-state index contributed by atoms with van der Waals surface area (Å²) in [5, 5.41) is 22.1. The molecule has 2 aromatic rings. The SMILES string of the molecule is CCOC(=O)C(C)(C)N/C=C(\C=N)c1ccc2c(c1)OCCn1cc(/C(=N/C(C)=N)NC(C)C)nc1-2. The first-order chi connectivity index (χ1) is 17.1. The molecule has 0 fully saturated rings. The summed E-state index contributed by atoms with van der Waals surface area (Å²) in [7, 11) is 0. The summed E-state index contributed by atoms with van der Waals surface area (Å²) in [5.41, 5.74) is 1.89. The van der Waals surface area contributed by atoms with Crippen LogP contribution in [0, 0.1) is 10.8 Å². The number of carbonyl (C=O) groups excluding carboxylic acids is 1. The Bertz CT molecular complexity index is 1210. The normalized spacial score (nSPS) is 13.8. The molecule has 36 heavy (non-hydrogen) atoms. The average molecular weight is 494 g/mol. The van der Waals surface area contributed by atoms with E-state index in [1.54, 1.807) is 33.9 Å². The molecule has 0 saturated carbocycles. The number of aliphatic imine (C=N–C) groups is 1. The Hall–Kier alpha value is -3.95. The molecule has 0 amide bonds.